The molecule has 0 aliphatic heterocycles. The van der Waals surface area contributed by atoms with Gasteiger partial charge < -0.3 is 11.1 Å². The van der Waals surface area contributed by atoms with Crippen LogP contribution in [0, 0.1) is 0 Å². The molecular weight excluding hydrogens is 200 g/mol. The Morgan fingerprint density at radius 2 is 2.12 bits per heavy atom. The zero-order valence-electron chi connectivity index (χ0n) is 9.35. The predicted octanol–water partition coefficient (Wildman–Crippen LogP) is 1.66. The second-order valence-corrected chi connectivity index (χ2v) is 3.71. The third-order valence-corrected chi connectivity index (χ3v) is 2.58. The van der Waals surface area contributed by atoms with Gasteiger partial charge in [0.05, 0.1) is 11.4 Å². The van der Waals surface area contributed by atoms with Crippen molar-refractivity contribution in [2.45, 2.75) is 6.42 Å². The minimum atomic E-state index is 0.785. The SMILES string of the molecule is Cn1nccc1CCNc1ccccc1N. The maximum Gasteiger partial charge on any atom is 0.0574 e. The number of benzene rings is 1. The summed E-state index contributed by atoms with van der Waals surface area (Å²) in [4.78, 5) is 0. The van der Waals surface area contributed by atoms with E-state index in [9.17, 15) is 0 Å². The molecule has 1 aromatic carbocycles. The van der Waals surface area contributed by atoms with Crippen molar-refractivity contribution in [3.8, 4) is 0 Å². The highest BCUT2D eigenvalue weighted by Gasteiger charge is 1.99. The number of nitrogens with one attached hydrogen (secondary N) is 1. The number of hydrogen-bond acceptors (Lipinski definition) is 3. The molecule has 16 heavy (non-hydrogen) atoms. The van der Waals surface area contributed by atoms with E-state index in [1.807, 2.05) is 48.3 Å². The summed E-state index contributed by atoms with van der Waals surface area (Å²) in [5.74, 6) is 0. The van der Waals surface area contributed by atoms with Crippen LogP contribution in [-0.2, 0) is 13.5 Å². The zero-order valence-corrected chi connectivity index (χ0v) is 9.35. The number of hydrogen-bond donors (Lipinski definition) is 2. The van der Waals surface area contributed by atoms with Crippen molar-refractivity contribution in [2.24, 2.45) is 7.05 Å². The van der Waals surface area contributed by atoms with Gasteiger partial charge in [-0.05, 0) is 18.2 Å². The van der Waals surface area contributed by atoms with Gasteiger partial charge in [0, 0.05) is 31.9 Å². The lowest BCUT2D eigenvalue weighted by atomic mass is 10.2. The van der Waals surface area contributed by atoms with Crippen LogP contribution in [0.15, 0.2) is 36.5 Å². The molecule has 0 aliphatic carbocycles. The van der Waals surface area contributed by atoms with E-state index < -0.39 is 0 Å². The molecule has 0 amide bonds. The van der Waals surface area contributed by atoms with Gasteiger partial charge in [-0.1, -0.05) is 12.1 Å². The monoisotopic (exact) mass is 216 g/mol. The van der Waals surface area contributed by atoms with Crippen molar-refractivity contribution in [1.82, 2.24) is 9.78 Å². The number of aromatic nitrogens is 2. The van der Waals surface area contributed by atoms with Gasteiger partial charge in [-0.25, -0.2) is 0 Å². The van der Waals surface area contributed by atoms with Gasteiger partial charge >= 0.3 is 0 Å². The lowest BCUT2D eigenvalue weighted by Gasteiger charge is -2.08. The molecule has 2 aromatic rings. The highest BCUT2D eigenvalue weighted by molar-refractivity contribution is 5.65. The summed E-state index contributed by atoms with van der Waals surface area (Å²) in [6.45, 7) is 0.855. The smallest absolute Gasteiger partial charge is 0.0574 e. The first-order valence-electron chi connectivity index (χ1n) is 5.32. The Morgan fingerprint density at radius 1 is 1.31 bits per heavy atom. The zero-order chi connectivity index (χ0) is 11.4. The molecule has 4 heteroatoms. The van der Waals surface area contributed by atoms with Gasteiger partial charge in [-0.3, -0.25) is 4.68 Å². The first-order chi connectivity index (χ1) is 7.77. The van der Waals surface area contributed by atoms with Crippen molar-refractivity contribution in [2.75, 3.05) is 17.6 Å². The molecule has 4 nitrogen and oxygen atoms in total. The van der Waals surface area contributed by atoms with Gasteiger partial charge in [-0.15, -0.1) is 0 Å². The molecule has 0 radical (unpaired) electrons. The lowest BCUT2D eigenvalue weighted by molar-refractivity contribution is 0.711. The molecule has 0 fully saturated rings. The Kier molecular flexibility index (Phi) is 3.10. The molecule has 0 aliphatic rings. The average Bonchev–Trinajstić information content (AvgIpc) is 2.67. The largest absolute Gasteiger partial charge is 0.397 e. The summed E-state index contributed by atoms with van der Waals surface area (Å²) < 4.78 is 1.88. The number of para-hydroxylation sites is 2. The molecule has 2 rings (SSSR count). The first kappa shape index (κ1) is 10.5. The molecule has 1 aromatic heterocycles. The molecule has 0 atom stereocenters. The van der Waals surface area contributed by atoms with Crippen LogP contribution in [0.2, 0.25) is 0 Å². The molecular formula is C12H16N4. The van der Waals surface area contributed by atoms with Crippen LogP contribution < -0.4 is 11.1 Å². The van der Waals surface area contributed by atoms with E-state index >= 15 is 0 Å². The van der Waals surface area contributed by atoms with Crippen LogP contribution in [0.25, 0.3) is 0 Å². The first-order valence-corrected chi connectivity index (χ1v) is 5.32. The molecule has 0 bridgehead atoms. The van der Waals surface area contributed by atoms with E-state index in [0.717, 1.165) is 24.3 Å². The maximum atomic E-state index is 5.83. The van der Waals surface area contributed by atoms with Crippen LogP contribution in [-0.4, -0.2) is 16.3 Å². The van der Waals surface area contributed by atoms with Crippen LogP contribution in [0.5, 0.6) is 0 Å². The summed E-state index contributed by atoms with van der Waals surface area (Å²) in [6.07, 6.45) is 2.75. The molecule has 0 unspecified atom stereocenters. The molecule has 84 valence electrons. The quantitative estimate of drug-likeness (QED) is 0.764. The van der Waals surface area contributed by atoms with Crippen LogP contribution in [0.1, 0.15) is 5.69 Å². The predicted molar refractivity (Wildman–Crippen MR) is 66.3 cm³/mol. The number of aryl methyl sites for hydroxylation is 1. The van der Waals surface area contributed by atoms with E-state index in [-0.39, 0.29) is 0 Å². The molecule has 0 spiro atoms. The van der Waals surface area contributed by atoms with Crippen LogP contribution in [0.4, 0.5) is 11.4 Å². The van der Waals surface area contributed by atoms with E-state index in [4.69, 9.17) is 5.73 Å². The Morgan fingerprint density at radius 3 is 2.81 bits per heavy atom. The second-order valence-electron chi connectivity index (χ2n) is 3.71. The molecule has 0 saturated heterocycles. The topological polar surface area (TPSA) is 55.9 Å². The van der Waals surface area contributed by atoms with Crippen molar-refractivity contribution in [3.05, 3.63) is 42.2 Å². The van der Waals surface area contributed by atoms with Crippen molar-refractivity contribution in [1.29, 1.82) is 0 Å². The Bertz CT molecular complexity index is 462. The standard InChI is InChI=1S/C12H16N4/c1-16-10(7-9-15-16)6-8-14-12-5-3-2-4-11(12)13/h2-5,7,9,14H,6,8,13H2,1H3. The van der Waals surface area contributed by atoms with Gasteiger partial charge in [0.1, 0.15) is 0 Å². The van der Waals surface area contributed by atoms with E-state index in [0.29, 0.717) is 0 Å². The maximum absolute atomic E-state index is 5.83. The highest BCUT2D eigenvalue weighted by Crippen LogP contribution is 2.16. The normalized spacial score (nSPS) is 10.3. The summed E-state index contributed by atoms with van der Waals surface area (Å²) in [6, 6.07) is 9.81. The Hall–Kier alpha value is -1.97. The Labute approximate surface area is 95.1 Å². The fourth-order valence-electron chi connectivity index (χ4n) is 1.63. The number of nitrogens with zero attached hydrogens (tertiary/aromatic N) is 2. The third kappa shape index (κ3) is 2.34. The number of nitrogen functional groups attached to an aromatic ring is 1. The minimum Gasteiger partial charge on any atom is -0.397 e. The van der Waals surface area contributed by atoms with E-state index in [2.05, 4.69) is 10.4 Å². The van der Waals surface area contributed by atoms with Crippen LogP contribution in [0.3, 0.4) is 0 Å². The van der Waals surface area contributed by atoms with E-state index in [1.54, 1.807) is 0 Å². The fraction of sp³-hybridized carbons (Fsp3) is 0.250. The number of nitrogens with two attached hydrogens (primary N) is 1. The van der Waals surface area contributed by atoms with Crippen molar-refractivity contribution < 1.29 is 0 Å². The fourth-order valence-corrected chi connectivity index (χ4v) is 1.63. The van der Waals surface area contributed by atoms with Crippen LogP contribution >= 0.6 is 0 Å². The number of anilines is 2. The summed E-state index contributed by atoms with van der Waals surface area (Å²) in [7, 11) is 1.95. The van der Waals surface area contributed by atoms with Gasteiger partial charge in [0.15, 0.2) is 0 Å². The summed E-state index contributed by atoms with van der Waals surface area (Å²) in [5.41, 5.74) is 8.82. The minimum absolute atomic E-state index is 0.785. The Balaban J connectivity index is 1.89. The summed E-state index contributed by atoms with van der Waals surface area (Å²) >= 11 is 0. The lowest BCUT2D eigenvalue weighted by Crippen LogP contribution is -2.09. The van der Waals surface area contributed by atoms with Gasteiger partial charge in [0.2, 0.25) is 0 Å². The third-order valence-electron chi connectivity index (χ3n) is 2.58. The van der Waals surface area contributed by atoms with Crippen molar-refractivity contribution in [3.63, 3.8) is 0 Å². The van der Waals surface area contributed by atoms with E-state index in [1.165, 1.54) is 5.69 Å². The number of rotatable bonds is 4. The molecule has 1 heterocycles. The van der Waals surface area contributed by atoms with Crippen molar-refractivity contribution >= 4 is 11.4 Å². The molecule has 0 saturated carbocycles. The molecule has 3 N–H and O–H groups in total. The summed E-state index contributed by atoms with van der Waals surface area (Å²) in [5, 5.41) is 7.44. The second kappa shape index (κ2) is 4.70. The highest BCUT2D eigenvalue weighted by atomic mass is 15.3. The average molecular weight is 216 g/mol. The van der Waals surface area contributed by atoms with Gasteiger partial charge in [-0.2, -0.15) is 5.10 Å². The van der Waals surface area contributed by atoms with Gasteiger partial charge in [0.25, 0.3) is 0 Å².